The van der Waals surface area contributed by atoms with Crippen molar-refractivity contribution in [2.45, 2.75) is 45.4 Å². The minimum atomic E-state index is -0.153. The number of ether oxygens (including phenoxy) is 1. The van der Waals surface area contributed by atoms with Crippen molar-refractivity contribution in [3.05, 3.63) is 21.4 Å². The highest BCUT2D eigenvalue weighted by atomic mass is 32.1. The highest BCUT2D eigenvalue weighted by Gasteiger charge is 2.16. The lowest BCUT2D eigenvalue weighted by Gasteiger charge is -2.07. The maximum atomic E-state index is 11.6. The number of esters is 1. The summed E-state index contributed by atoms with van der Waals surface area (Å²) >= 11 is 1.63. The summed E-state index contributed by atoms with van der Waals surface area (Å²) in [6.07, 6.45) is 7.43. The third kappa shape index (κ3) is 2.64. The molecule has 0 fully saturated rings. The molecule has 1 aliphatic carbocycles. The van der Waals surface area contributed by atoms with Gasteiger partial charge < -0.3 is 4.74 Å². The van der Waals surface area contributed by atoms with Gasteiger partial charge in [0.2, 0.25) is 0 Å². The summed E-state index contributed by atoms with van der Waals surface area (Å²) in [6, 6.07) is 2.04. The second-order valence-electron chi connectivity index (χ2n) is 4.19. The molecule has 1 aliphatic rings. The Morgan fingerprint density at radius 1 is 1.31 bits per heavy atom. The molecule has 1 aromatic heterocycles. The topological polar surface area (TPSA) is 26.3 Å². The van der Waals surface area contributed by atoms with Crippen LogP contribution in [0.15, 0.2) is 6.07 Å². The summed E-state index contributed by atoms with van der Waals surface area (Å²) in [6.45, 7) is 2.31. The highest BCUT2D eigenvalue weighted by Crippen LogP contribution is 2.28. The van der Waals surface area contributed by atoms with Gasteiger partial charge in [-0.1, -0.05) is 12.8 Å². The van der Waals surface area contributed by atoms with E-state index in [0.29, 0.717) is 6.61 Å². The van der Waals surface area contributed by atoms with E-state index in [9.17, 15) is 4.79 Å². The zero-order valence-corrected chi connectivity index (χ0v) is 10.6. The minimum Gasteiger partial charge on any atom is -0.462 e. The summed E-state index contributed by atoms with van der Waals surface area (Å²) in [5.41, 5.74) is 1.38. The Hall–Kier alpha value is -0.830. The molecule has 0 atom stereocenters. The number of rotatable bonds is 2. The molecule has 0 unspecified atom stereocenters. The first-order chi connectivity index (χ1) is 7.81. The van der Waals surface area contributed by atoms with Crippen LogP contribution in [0.5, 0.6) is 0 Å². The first-order valence-electron chi connectivity index (χ1n) is 6.10. The van der Waals surface area contributed by atoms with E-state index in [1.807, 2.05) is 13.0 Å². The van der Waals surface area contributed by atoms with Gasteiger partial charge in [0, 0.05) is 4.88 Å². The van der Waals surface area contributed by atoms with E-state index in [0.717, 1.165) is 17.7 Å². The van der Waals surface area contributed by atoms with Gasteiger partial charge in [-0.25, -0.2) is 4.79 Å². The monoisotopic (exact) mass is 238 g/mol. The van der Waals surface area contributed by atoms with Crippen LogP contribution in [0, 0.1) is 0 Å². The molecule has 1 aromatic rings. The lowest BCUT2D eigenvalue weighted by Crippen LogP contribution is -2.01. The van der Waals surface area contributed by atoms with Crippen molar-refractivity contribution in [2.75, 3.05) is 6.61 Å². The zero-order chi connectivity index (χ0) is 11.4. The fraction of sp³-hybridized carbons (Fsp3) is 0.615. The Labute approximate surface area is 101 Å². The Morgan fingerprint density at radius 3 is 2.81 bits per heavy atom. The third-order valence-corrected chi connectivity index (χ3v) is 4.19. The fourth-order valence-electron chi connectivity index (χ4n) is 2.15. The standard InChI is InChI=1S/C13H18O2S/c1-2-15-13(14)12-9-10-7-5-3-4-6-8-11(10)16-12/h9H,2-8H2,1H3. The molecule has 0 N–H and O–H groups in total. The first kappa shape index (κ1) is 11.6. The van der Waals surface area contributed by atoms with Crippen molar-refractivity contribution in [3.63, 3.8) is 0 Å². The molecule has 2 rings (SSSR count). The predicted octanol–water partition coefficient (Wildman–Crippen LogP) is 3.58. The van der Waals surface area contributed by atoms with E-state index in [4.69, 9.17) is 4.74 Å². The number of carbonyl (C=O) groups is 1. The predicted molar refractivity (Wildman–Crippen MR) is 66.2 cm³/mol. The van der Waals surface area contributed by atoms with Gasteiger partial charge in [-0.15, -0.1) is 11.3 Å². The summed E-state index contributed by atoms with van der Waals surface area (Å²) < 4.78 is 5.04. The van der Waals surface area contributed by atoms with Crippen LogP contribution in [0.3, 0.4) is 0 Å². The first-order valence-corrected chi connectivity index (χ1v) is 6.91. The van der Waals surface area contributed by atoms with Gasteiger partial charge >= 0.3 is 5.97 Å². The maximum Gasteiger partial charge on any atom is 0.348 e. The maximum absolute atomic E-state index is 11.6. The zero-order valence-electron chi connectivity index (χ0n) is 9.75. The number of aryl methyl sites for hydroxylation is 2. The average Bonchev–Trinajstić information content (AvgIpc) is 2.61. The number of fused-ring (bicyclic) bond motifs is 1. The van der Waals surface area contributed by atoms with Crippen LogP contribution in [-0.4, -0.2) is 12.6 Å². The van der Waals surface area contributed by atoms with Crippen molar-refractivity contribution >= 4 is 17.3 Å². The normalized spacial score (nSPS) is 16.1. The third-order valence-electron chi connectivity index (χ3n) is 2.97. The van der Waals surface area contributed by atoms with Crippen LogP contribution in [0.4, 0.5) is 0 Å². The van der Waals surface area contributed by atoms with Gasteiger partial charge in [0.15, 0.2) is 0 Å². The van der Waals surface area contributed by atoms with Crippen LogP contribution >= 0.6 is 11.3 Å². The highest BCUT2D eigenvalue weighted by molar-refractivity contribution is 7.14. The van der Waals surface area contributed by atoms with Gasteiger partial charge in [0.25, 0.3) is 0 Å². The van der Waals surface area contributed by atoms with Crippen molar-refractivity contribution in [3.8, 4) is 0 Å². The van der Waals surface area contributed by atoms with Crippen LogP contribution in [0.2, 0.25) is 0 Å². The Morgan fingerprint density at radius 2 is 2.06 bits per heavy atom. The molecule has 1 heterocycles. The van der Waals surface area contributed by atoms with Crippen LogP contribution in [0.25, 0.3) is 0 Å². The molecule has 0 aromatic carbocycles. The molecule has 2 nitrogen and oxygen atoms in total. The van der Waals surface area contributed by atoms with Crippen molar-refractivity contribution < 1.29 is 9.53 Å². The Kier molecular flexibility index (Phi) is 3.99. The number of hydrogen-bond donors (Lipinski definition) is 0. The summed E-state index contributed by atoms with van der Waals surface area (Å²) in [7, 11) is 0. The van der Waals surface area contributed by atoms with Crippen molar-refractivity contribution in [2.24, 2.45) is 0 Å². The summed E-state index contributed by atoms with van der Waals surface area (Å²) in [5, 5.41) is 0. The molecule has 0 bridgehead atoms. The molecule has 0 saturated carbocycles. The van der Waals surface area contributed by atoms with Gasteiger partial charge in [-0.2, -0.15) is 0 Å². The molecule has 0 aliphatic heterocycles. The largest absolute Gasteiger partial charge is 0.462 e. The molecular weight excluding hydrogens is 220 g/mol. The number of hydrogen-bond acceptors (Lipinski definition) is 3. The molecule has 16 heavy (non-hydrogen) atoms. The van der Waals surface area contributed by atoms with Gasteiger partial charge in [0.05, 0.1) is 6.61 Å². The van der Waals surface area contributed by atoms with E-state index in [2.05, 4.69) is 0 Å². The SMILES string of the molecule is CCOC(=O)c1cc2c(s1)CCCCCC2. The van der Waals surface area contributed by atoms with E-state index in [-0.39, 0.29) is 5.97 Å². The smallest absolute Gasteiger partial charge is 0.348 e. The molecule has 0 spiro atoms. The van der Waals surface area contributed by atoms with E-state index in [1.165, 1.54) is 36.1 Å². The van der Waals surface area contributed by atoms with E-state index < -0.39 is 0 Å². The number of thiophene rings is 1. The molecule has 0 saturated heterocycles. The van der Waals surface area contributed by atoms with Crippen molar-refractivity contribution in [1.29, 1.82) is 0 Å². The van der Waals surface area contributed by atoms with Crippen LogP contribution in [0.1, 0.15) is 52.7 Å². The Balaban J connectivity index is 2.17. The molecule has 0 radical (unpaired) electrons. The van der Waals surface area contributed by atoms with E-state index in [1.54, 1.807) is 11.3 Å². The minimum absolute atomic E-state index is 0.153. The summed E-state index contributed by atoms with van der Waals surface area (Å²) in [4.78, 5) is 13.8. The number of carbonyl (C=O) groups excluding carboxylic acids is 1. The van der Waals surface area contributed by atoms with Gasteiger partial charge in [0.1, 0.15) is 4.88 Å². The van der Waals surface area contributed by atoms with Crippen molar-refractivity contribution in [1.82, 2.24) is 0 Å². The second-order valence-corrected chi connectivity index (χ2v) is 5.33. The van der Waals surface area contributed by atoms with Gasteiger partial charge in [-0.3, -0.25) is 0 Å². The second kappa shape index (κ2) is 5.48. The average molecular weight is 238 g/mol. The molecule has 3 heteroatoms. The van der Waals surface area contributed by atoms with Crippen LogP contribution in [-0.2, 0) is 17.6 Å². The van der Waals surface area contributed by atoms with Gasteiger partial charge in [-0.05, 0) is 44.2 Å². The summed E-state index contributed by atoms with van der Waals surface area (Å²) in [5.74, 6) is -0.153. The molecule has 88 valence electrons. The molecular formula is C13H18O2S. The van der Waals surface area contributed by atoms with E-state index >= 15 is 0 Å². The van der Waals surface area contributed by atoms with Crippen LogP contribution < -0.4 is 0 Å². The fourth-order valence-corrected chi connectivity index (χ4v) is 3.29. The molecule has 0 amide bonds. The lowest BCUT2D eigenvalue weighted by atomic mass is 10.00. The quantitative estimate of drug-likeness (QED) is 0.736. The Bertz CT molecular complexity index is 343. The lowest BCUT2D eigenvalue weighted by molar-refractivity contribution is 0.0532.